The normalized spacial score (nSPS) is 16.7. The van der Waals surface area contributed by atoms with E-state index in [1.807, 2.05) is 11.0 Å². The van der Waals surface area contributed by atoms with E-state index in [-0.39, 0.29) is 25.1 Å². The van der Waals surface area contributed by atoms with Gasteiger partial charge in [-0.05, 0) is 37.0 Å². The lowest BCUT2D eigenvalue weighted by molar-refractivity contribution is 0.0700. The van der Waals surface area contributed by atoms with E-state index in [0.29, 0.717) is 61.0 Å². The number of nitrogens with two attached hydrogens (primary N) is 4. The van der Waals surface area contributed by atoms with Gasteiger partial charge in [0.25, 0.3) is 0 Å². The predicted octanol–water partition coefficient (Wildman–Crippen LogP) is -2.83. The molecule has 0 aliphatic carbocycles. The fourth-order valence-corrected chi connectivity index (χ4v) is 5.24. The van der Waals surface area contributed by atoms with Gasteiger partial charge >= 0.3 is 0 Å². The van der Waals surface area contributed by atoms with Gasteiger partial charge in [-0.25, -0.2) is 20.3 Å². The summed E-state index contributed by atoms with van der Waals surface area (Å²) in [6, 6.07) is 3.32. The average Bonchev–Trinajstić information content (AvgIpc) is 2.79. The first-order chi connectivity index (χ1) is 15.0. The Bertz CT molecular complexity index is 757. The number of hydrogen-bond donors (Lipinski definition) is 8. The Morgan fingerprint density at radius 3 is 2.48 bits per heavy atom. The molecule has 0 amide bonds. The number of anilines is 1. The Balaban J connectivity index is 2.37. The number of nitrogens with one attached hydrogen (secondary N) is 2. The number of rotatable bonds is 12. The van der Waals surface area contributed by atoms with Crippen molar-refractivity contribution in [1.29, 1.82) is 0 Å². The maximum absolute atomic E-state index is 12.8. The van der Waals surface area contributed by atoms with Gasteiger partial charge in [0.05, 0.1) is 34.6 Å². The summed E-state index contributed by atoms with van der Waals surface area (Å²) in [6.45, 7) is 3.37. The highest BCUT2D eigenvalue weighted by Crippen LogP contribution is 2.34. The van der Waals surface area contributed by atoms with E-state index < -0.39 is 11.0 Å². The molecule has 0 radical (unpaired) electrons. The third kappa shape index (κ3) is 6.50. The van der Waals surface area contributed by atoms with Gasteiger partial charge in [-0.2, -0.15) is 0 Å². The van der Waals surface area contributed by atoms with E-state index in [1.54, 1.807) is 6.07 Å². The Kier molecular flexibility index (Phi) is 10.9. The highest BCUT2D eigenvalue weighted by molar-refractivity contribution is 7.97. The molecule has 1 aromatic carbocycles. The zero-order valence-corrected chi connectivity index (χ0v) is 19.0. The molecule has 1 fully saturated rings. The highest BCUT2D eigenvalue weighted by atomic mass is 32.2. The van der Waals surface area contributed by atoms with Gasteiger partial charge in [0, 0.05) is 38.4 Å². The molecule has 14 heteroatoms. The molecular formula is C17H33N9O3S2. The third-order valence-electron chi connectivity index (χ3n) is 5.07. The maximum atomic E-state index is 12.8. The van der Waals surface area contributed by atoms with Crippen LogP contribution in [0.15, 0.2) is 27.0 Å². The number of amidine groups is 1. The Hall–Kier alpha value is -1.49. The van der Waals surface area contributed by atoms with Gasteiger partial charge in [0.15, 0.2) is 5.84 Å². The van der Waals surface area contributed by atoms with Crippen molar-refractivity contribution in [1.82, 2.24) is 15.2 Å². The number of hydrogen-bond acceptors (Lipinski definition) is 11. The quantitative estimate of drug-likeness (QED) is 0.0386. The molecule has 1 atom stereocenters. The number of piperazine rings is 1. The molecular weight excluding hydrogens is 442 g/mol. The predicted molar refractivity (Wildman–Crippen MR) is 124 cm³/mol. The van der Waals surface area contributed by atoms with E-state index in [2.05, 4.69) is 20.3 Å². The molecule has 1 unspecified atom stereocenters. The second kappa shape index (κ2) is 13.1. The smallest absolute Gasteiger partial charge is 0.155 e. The summed E-state index contributed by atoms with van der Waals surface area (Å²) >= 11 is 0.944. The number of hydrazine groups is 1. The monoisotopic (exact) mass is 475 g/mol. The molecule has 0 saturated carbocycles. The average molecular weight is 476 g/mol. The summed E-state index contributed by atoms with van der Waals surface area (Å²) in [7, 11) is -1.51. The summed E-state index contributed by atoms with van der Waals surface area (Å²) in [5, 5.41) is 28.8. The second-order valence-corrected chi connectivity index (χ2v) is 8.79. The van der Waals surface area contributed by atoms with Gasteiger partial charge in [0.1, 0.15) is 11.0 Å². The molecule has 1 aromatic rings. The van der Waals surface area contributed by atoms with E-state index >= 15 is 0 Å². The summed E-state index contributed by atoms with van der Waals surface area (Å²) < 4.78 is 15.7. The SMILES string of the molecule is NCCCNS(=O)c1ccc(N2CCN(C(CO)CO)CC2)c(/C(N)=N/NN)c1SN. The van der Waals surface area contributed by atoms with Gasteiger partial charge in [-0.15, -0.1) is 5.10 Å². The van der Waals surface area contributed by atoms with Crippen LogP contribution < -0.4 is 37.6 Å². The van der Waals surface area contributed by atoms with Crippen LogP contribution in [0.4, 0.5) is 5.69 Å². The van der Waals surface area contributed by atoms with E-state index in [1.165, 1.54) is 0 Å². The van der Waals surface area contributed by atoms with Gasteiger partial charge in [-0.3, -0.25) is 10.0 Å². The van der Waals surface area contributed by atoms with Crippen LogP contribution in [0.3, 0.4) is 0 Å². The largest absolute Gasteiger partial charge is 0.395 e. The van der Waals surface area contributed by atoms with Crippen molar-refractivity contribution in [2.24, 2.45) is 27.6 Å². The minimum Gasteiger partial charge on any atom is -0.395 e. The van der Waals surface area contributed by atoms with Crippen molar-refractivity contribution in [2.75, 3.05) is 57.4 Å². The molecule has 1 saturated heterocycles. The van der Waals surface area contributed by atoms with Crippen molar-refractivity contribution in [3.8, 4) is 0 Å². The summed E-state index contributed by atoms with van der Waals surface area (Å²) in [5.41, 5.74) is 15.2. The zero-order chi connectivity index (χ0) is 22.8. The van der Waals surface area contributed by atoms with Crippen molar-refractivity contribution in [2.45, 2.75) is 22.3 Å². The van der Waals surface area contributed by atoms with Crippen LogP contribution in [0.5, 0.6) is 0 Å². The first-order valence-corrected chi connectivity index (χ1v) is 11.9. The maximum Gasteiger partial charge on any atom is 0.155 e. The molecule has 2 rings (SSSR count). The number of aliphatic hydroxyl groups is 2. The van der Waals surface area contributed by atoms with Crippen LogP contribution >= 0.6 is 11.9 Å². The van der Waals surface area contributed by atoms with Crippen molar-refractivity contribution >= 4 is 34.5 Å². The topological polar surface area (TPSA) is 205 Å². The Morgan fingerprint density at radius 1 is 1.26 bits per heavy atom. The summed E-state index contributed by atoms with van der Waals surface area (Å²) in [4.78, 5) is 5.19. The molecule has 1 aliphatic heterocycles. The van der Waals surface area contributed by atoms with E-state index in [4.69, 9.17) is 22.4 Å². The third-order valence-corrected chi connectivity index (χ3v) is 7.06. The number of benzene rings is 1. The second-order valence-electron chi connectivity index (χ2n) is 6.88. The van der Waals surface area contributed by atoms with Crippen LogP contribution in [0.2, 0.25) is 0 Å². The molecule has 1 heterocycles. The van der Waals surface area contributed by atoms with Gasteiger partial charge in [-0.1, -0.05) is 0 Å². The van der Waals surface area contributed by atoms with Crippen LogP contribution in [0.1, 0.15) is 12.0 Å². The van der Waals surface area contributed by atoms with E-state index in [0.717, 1.165) is 17.6 Å². The van der Waals surface area contributed by atoms with Crippen LogP contribution in [0.25, 0.3) is 0 Å². The standard InChI is InChI=1S/C17H33N9O3S2/c18-4-1-5-22-31(29)14-3-2-13(15(16(14)30-21)17(19)23-24-20)26-8-6-25(7-9-26)12(10-27)11-28/h2-3,12,22,24,27-28H,1,4-11,18,20-21H2,(H2,19,23). The van der Waals surface area contributed by atoms with Crippen LogP contribution in [0, 0.1) is 0 Å². The van der Waals surface area contributed by atoms with Crippen LogP contribution in [-0.4, -0.2) is 83.7 Å². The first-order valence-electron chi connectivity index (χ1n) is 9.91. The highest BCUT2D eigenvalue weighted by Gasteiger charge is 2.27. The number of nitrogens with zero attached hydrogens (tertiary/aromatic N) is 3. The lowest BCUT2D eigenvalue weighted by Gasteiger charge is -2.40. The zero-order valence-electron chi connectivity index (χ0n) is 17.4. The molecule has 1 aliphatic rings. The first kappa shape index (κ1) is 25.8. The minimum atomic E-state index is -1.51. The molecule has 12 nitrogen and oxygen atoms in total. The number of aliphatic hydroxyl groups excluding tert-OH is 2. The molecule has 31 heavy (non-hydrogen) atoms. The Morgan fingerprint density at radius 2 is 1.94 bits per heavy atom. The fraction of sp³-hybridized carbons (Fsp3) is 0.588. The van der Waals surface area contributed by atoms with Crippen molar-refractivity contribution in [3.05, 3.63) is 17.7 Å². The lowest BCUT2D eigenvalue weighted by atomic mass is 10.1. The van der Waals surface area contributed by atoms with E-state index in [9.17, 15) is 14.4 Å². The van der Waals surface area contributed by atoms with Crippen LogP contribution in [-0.2, 0) is 11.0 Å². The number of hydrazone groups is 1. The molecule has 0 spiro atoms. The molecule has 0 bridgehead atoms. The lowest BCUT2D eigenvalue weighted by Crippen LogP contribution is -2.53. The van der Waals surface area contributed by atoms with Crippen molar-refractivity contribution in [3.63, 3.8) is 0 Å². The fourth-order valence-electron chi connectivity index (χ4n) is 3.41. The minimum absolute atomic E-state index is 0.102. The van der Waals surface area contributed by atoms with Crippen molar-refractivity contribution < 1.29 is 14.4 Å². The Labute approximate surface area is 189 Å². The van der Waals surface area contributed by atoms with Gasteiger partial charge in [0.2, 0.25) is 0 Å². The molecule has 12 N–H and O–H groups in total. The molecule has 176 valence electrons. The molecule has 0 aromatic heterocycles. The summed E-state index contributed by atoms with van der Waals surface area (Å²) in [5.74, 6) is 5.46. The van der Waals surface area contributed by atoms with Gasteiger partial charge < -0.3 is 26.6 Å². The summed E-state index contributed by atoms with van der Waals surface area (Å²) in [6.07, 6.45) is 0.690.